The van der Waals surface area contributed by atoms with Crippen LogP contribution in [-0.4, -0.2) is 18.8 Å². The van der Waals surface area contributed by atoms with Crippen LogP contribution in [0, 0.1) is 0 Å². The summed E-state index contributed by atoms with van der Waals surface area (Å²) in [6.07, 6.45) is 0. The first-order chi connectivity index (χ1) is 12.6. The Morgan fingerprint density at radius 2 is 1.69 bits per heavy atom. The molecule has 1 aliphatic carbocycles. The molecule has 128 valence electrons. The van der Waals surface area contributed by atoms with E-state index in [1.165, 1.54) is 0 Å². The molecule has 0 fully saturated rings. The molecule has 0 atom stereocenters. The van der Waals surface area contributed by atoms with Crippen LogP contribution >= 0.6 is 11.6 Å². The molecule has 5 heteroatoms. The molecule has 4 rings (SSSR count). The summed E-state index contributed by atoms with van der Waals surface area (Å²) in [6, 6.07) is 17.6. The van der Waals surface area contributed by atoms with Crippen molar-refractivity contribution < 1.29 is 14.3 Å². The van der Waals surface area contributed by atoms with Crippen LogP contribution in [0.5, 0.6) is 5.75 Å². The van der Waals surface area contributed by atoms with E-state index in [0.29, 0.717) is 33.1 Å². The van der Waals surface area contributed by atoms with E-state index in [1.807, 2.05) is 24.3 Å². The standard InChI is InChI=1S/C21H14ClNO3/c1-26-12-9-10-18(17(22)11-12)23-21(25)16-8-4-7-14-13-5-2-3-6-15(13)20(24)19(14)16/h2-11H,1H3,(H,23,25). The Balaban J connectivity index is 1.72. The third kappa shape index (κ3) is 2.55. The Hall–Kier alpha value is -3.11. The molecular weight excluding hydrogens is 350 g/mol. The number of hydrogen-bond donors (Lipinski definition) is 1. The van der Waals surface area contributed by atoms with E-state index in [-0.39, 0.29) is 11.7 Å². The van der Waals surface area contributed by atoms with E-state index < -0.39 is 0 Å². The number of ketones is 1. The predicted molar refractivity (Wildman–Crippen MR) is 101 cm³/mol. The SMILES string of the molecule is COc1ccc(NC(=O)c2cccc3c2C(=O)c2ccccc2-3)c(Cl)c1. The average molecular weight is 364 g/mol. The highest BCUT2D eigenvalue weighted by atomic mass is 35.5. The van der Waals surface area contributed by atoms with Gasteiger partial charge >= 0.3 is 0 Å². The van der Waals surface area contributed by atoms with Crippen LogP contribution in [0.3, 0.4) is 0 Å². The number of carbonyl (C=O) groups excluding carboxylic acids is 2. The van der Waals surface area contributed by atoms with Crippen molar-refractivity contribution in [1.82, 2.24) is 0 Å². The normalized spacial score (nSPS) is 11.7. The highest BCUT2D eigenvalue weighted by Gasteiger charge is 2.30. The van der Waals surface area contributed by atoms with Crippen LogP contribution in [0.1, 0.15) is 26.3 Å². The lowest BCUT2D eigenvalue weighted by Crippen LogP contribution is -2.16. The Morgan fingerprint density at radius 1 is 0.962 bits per heavy atom. The Kier molecular flexibility index (Phi) is 3.98. The number of carbonyl (C=O) groups is 2. The molecule has 0 radical (unpaired) electrons. The molecule has 3 aromatic rings. The molecule has 3 aromatic carbocycles. The van der Waals surface area contributed by atoms with Crippen molar-refractivity contribution >= 4 is 29.0 Å². The van der Waals surface area contributed by atoms with Gasteiger partial charge in [0.25, 0.3) is 5.91 Å². The molecule has 0 aliphatic heterocycles. The summed E-state index contributed by atoms with van der Waals surface area (Å²) >= 11 is 6.20. The van der Waals surface area contributed by atoms with Gasteiger partial charge in [0.05, 0.1) is 23.4 Å². The lowest BCUT2D eigenvalue weighted by Gasteiger charge is -2.11. The van der Waals surface area contributed by atoms with Crippen LogP contribution in [-0.2, 0) is 0 Å². The van der Waals surface area contributed by atoms with Gasteiger partial charge in [-0.25, -0.2) is 0 Å². The van der Waals surface area contributed by atoms with E-state index in [0.717, 1.165) is 11.1 Å². The van der Waals surface area contributed by atoms with Crippen molar-refractivity contribution in [3.63, 3.8) is 0 Å². The number of halogens is 1. The second-order valence-corrected chi connectivity index (χ2v) is 6.31. The third-order valence-corrected chi connectivity index (χ3v) is 4.74. The Labute approximate surface area is 155 Å². The predicted octanol–water partition coefficient (Wildman–Crippen LogP) is 4.81. The molecule has 26 heavy (non-hydrogen) atoms. The highest BCUT2D eigenvalue weighted by Crippen LogP contribution is 2.38. The molecule has 0 saturated heterocycles. The second kappa shape index (κ2) is 6.32. The molecule has 0 spiro atoms. The number of ether oxygens (including phenoxy) is 1. The third-order valence-electron chi connectivity index (χ3n) is 4.42. The van der Waals surface area contributed by atoms with Gasteiger partial charge in [0.2, 0.25) is 0 Å². The number of amides is 1. The molecular formula is C21H14ClNO3. The lowest BCUT2D eigenvalue weighted by molar-refractivity contribution is 0.0999. The molecule has 0 aromatic heterocycles. The van der Waals surface area contributed by atoms with E-state index in [2.05, 4.69) is 5.32 Å². The smallest absolute Gasteiger partial charge is 0.256 e. The van der Waals surface area contributed by atoms with Gasteiger partial charge in [0, 0.05) is 17.2 Å². The number of nitrogens with one attached hydrogen (secondary N) is 1. The summed E-state index contributed by atoms with van der Waals surface area (Å²) in [7, 11) is 1.54. The molecule has 0 bridgehead atoms. The number of methoxy groups -OCH3 is 1. The molecule has 1 aliphatic rings. The van der Waals surface area contributed by atoms with E-state index in [9.17, 15) is 9.59 Å². The summed E-state index contributed by atoms with van der Waals surface area (Å²) in [6.45, 7) is 0. The van der Waals surface area contributed by atoms with Gasteiger partial charge in [0.15, 0.2) is 5.78 Å². The summed E-state index contributed by atoms with van der Waals surface area (Å²) in [4.78, 5) is 25.6. The van der Waals surface area contributed by atoms with Crippen molar-refractivity contribution in [3.8, 4) is 16.9 Å². The zero-order valence-electron chi connectivity index (χ0n) is 13.9. The summed E-state index contributed by atoms with van der Waals surface area (Å²) < 4.78 is 5.11. The largest absolute Gasteiger partial charge is 0.497 e. The van der Waals surface area contributed by atoms with Gasteiger partial charge < -0.3 is 10.1 Å². The maximum absolute atomic E-state index is 12.8. The number of rotatable bonds is 3. The molecule has 0 unspecified atom stereocenters. The first kappa shape index (κ1) is 16.4. The van der Waals surface area contributed by atoms with Crippen LogP contribution < -0.4 is 10.1 Å². The van der Waals surface area contributed by atoms with Gasteiger partial charge in [-0.2, -0.15) is 0 Å². The van der Waals surface area contributed by atoms with Gasteiger partial charge in [-0.3, -0.25) is 9.59 Å². The van der Waals surface area contributed by atoms with E-state index in [1.54, 1.807) is 43.5 Å². The fourth-order valence-electron chi connectivity index (χ4n) is 3.18. The van der Waals surface area contributed by atoms with Gasteiger partial charge in [0.1, 0.15) is 5.75 Å². The minimum absolute atomic E-state index is 0.137. The average Bonchev–Trinajstić information content (AvgIpc) is 2.96. The van der Waals surface area contributed by atoms with E-state index >= 15 is 0 Å². The molecule has 0 saturated carbocycles. The monoisotopic (exact) mass is 363 g/mol. The fourth-order valence-corrected chi connectivity index (χ4v) is 3.39. The second-order valence-electron chi connectivity index (χ2n) is 5.90. The van der Waals surface area contributed by atoms with Gasteiger partial charge in [-0.15, -0.1) is 0 Å². The maximum Gasteiger partial charge on any atom is 0.256 e. The van der Waals surface area contributed by atoms with Crippen LogP contribution in [0.15, 0.2) is 60.7 Å². The maximum atomic E-state index is 12.8. The van der Waals surface area contributed by atoms with Gasteiger partial charge in [-0.1, -0.05) is 48.0 Å². The molecule has 4 nitrogen and oxygen atoms in total. The zero-order chi connectivity index (χ0) is 18.3. The molecule has 0 heterocycles. The fraction of sp³-hybridized carbons (Fsp3) is 0.0476. The molecule has 1 amide bonds. The van der Waals surface area contributed by atoms with Crippen LogP contribution in [0.2, 0.25) is 5.02 Å². The quantitative estimate of drug-likeness (QED) is 0.568. The summed E-state index contributed by atoms with van der Waals surface area (Å²) in [5, 5.41) is 3.14. The number of hydrogen-bond acceptors (Lipinski definition) is 3. The minimum Gasteiger partial charge on any atom is -0.497 e. The Morgan fingerprint density at radius 3 is 2.42 bits per heavy atom. The minimum atomic E-state index is -0.380. The summed E-state index contributed by atoms with van der Waals surface area (Å²) in [5.41, 5.74) is 3.46. The van der Waals surface area contributed by atoms with Crippen molar-refractivity contribution in [3.05, 3.63) is 82.4 Å². The van der Waals surface area contributed by atoms with E-state index in [4.69, 9.17) is 16.3 Å². The number of anilines is 1. The zero-order valence-corrected chi connectivity index (χ0v) is 14.6. The van der Waals surface area contributed by atoms with Crippen molar-refractivity contribution in [2.75, 3.05) is 12.4 Å². The molecule has 1 N–H and O–H groups in total. The van der Waals surface area contributed by atoms with Crippen molar-refractivity contribution in [2.24, 2.45) is 0 Å². The van der Waals surface area contributed by atoms with Crippen molar-refractivity contribution in [2.45, 2.75) is 0 Å². The first-order valence-corrected chi connectivity index (χ1v) is 8.40. The van der Waals surface area contributed by atoms with Gasteiger partial charge in [-0.05, 0) is 29.3 Å². The number of fused-ring (bicyclic) bond motifs is 3. The Bertz CT molecular complexity index is 1060. The lowest BCUT2D eigenvalue weighted by atomic mass is 10.0. The van der Waals surface area contributed by atoms with Crippen LogP contribution in [0.25, 0.3) is 11.1 Å². The number of benzene rings is 3. The first-order valence-electron chi connectivity index (χ1n) is 8.02. The summed E-state index contributed by atoms with van der Waals surface area (Å²) in [5.74, 6) is 0.0801. The van der Waals surface area contributed by atoms with Crippen LogP contribution in [0.4, 0.5) is 5.69 Å². The highest BCUT2D eigenvalue weighted by molar-refractivity contribution is 6.34. The topological polar surface area (TPSA) is 55.4 Å². The van der Waals surface area contributed by atoms with Crippen molar-refractivity contribution in [1.29, 1.82) is 0 Å².